The van der Waals surface area contributed by atoms with Gasteiger partial charge in [-0.1, -0.05) is 15.9 Å². The molecule has 0 amide bonds. The molecule has 14 heavy (non-hydrogen) atoms. The zero-order chi connectivity index (χ0) is 11.4. The van der Waals surface area contributed by atoms with E-state index in [1.165, 1.54) is 0 Å². The second-order valence-corrected chi connectivity index (χ2v) is 7.23. The fourth-order valence-corrected chi connectivity index (χ4v) is 3.30. The molecule has 0 saturated heterocycles. The smallest absolute Gasteiger partial charge is 0.229 e. The Morgan fingerprint density at radius 1 is 1.43 bits per heavy atom. The van der Waals surface area contributed by atoms with Gasteiger partial charge in [-0.2, -0.15) is 24.9 Å². The van der Waals surface area contributed by atoms with Crippen molar-refractivity contribution in [2.45, 2.75) is 11.0 Å². The molecule has 86 valence electrons. The molecular formula is C6H10BrF3O2S2. The third-order valence-corrected chi connectivity index (χ3v) is 4.76. The van der Waals surface area contributed by atoms with E-state index in [4.69, 9.17) is 0 Å². The lowest BCUT2D eigenvalue weighted by molar-refractivity contribution is -0.122. The van der Waals surface area contributed by atoms with E-state index in [1.54, 1.807) is 0 Å². The number of hydrogen-bond acceptors (Lipinski definition) is 3. The van der Waals surface area contributed by atoms with Gasteiger partial charge in [-0.05, 0) is 0 Å². The van der Waals surface area contributed by atoms with E-state index in [1.807, 2.05) is 0 Å². The monoisotopic (exact) mass is 314 g/mol. The Kier molecular flexibility index (Phi) is 5.83. The van der Waals surface area contributed by atoms with Gasteiger partial charge >= 0.3 is 6.18 Å². The number of thioether (sulfide) groups is 1. The fourth-order valence-electron chi connectivity index (χ4n) is 0.492. The van der Waals surface area contributed by atoms with E-state index in [0.717, 1.165) is 18.0 Å². The van der Waals surface area contributed by atoms with Crippen LogP contribution >= 0.6 is 27.7 Å². The summed E-state index contributed by atoms with van der Waals surface area (Å²) in [7, 11) is -3.07. The molecule has 0 N–H and O–H groups in total. The predicted octanol–water partition coefficient (Wildman–Crippen LogP) is 2.09. The molecule has 2 nitrogen and oxygen atoms in total. The second kappa shape index (κ2) is 5.60. The number of sulfone groups is 1. The van der Waals surface area contributed by atoms with Gasteiger partial charge in [-0.25, -0.2) is 8.42 Å². The Morgan fingerprint density at radius 3 is 2.29 bits per heavy atom. The zero-order valence-electron chi connectivity index (χ0n) is 7.34. The Balaban J connectivity index is 3.66. The first-order chi connectivity index (χ1) is 6.13. The Hall–Kier alpha value is 0.570. The first-order valence-electron chi connectivity index (χ1n) is 3.59. The van der Waals surface area contributed by atoms with Crippen molar-refractivity contribution in [3.05, 3.63) is 0 Å². The molecule has 0 radical (unpaired) electrons. The van der Waals surface area contributed by atoms with Crippen LogP contribution in [-0.2, 0) is 9.84 Å². The van der Waals surface area contributed by atoms with Gasteiger partial charge in [0.2, 0.25) is 0 Å². The summed E-state index contributed by atoms with van der Waals surface area (Å²) in [5, 5.41) is 0. The molecule has 0 aromatic rings. The molecule has 0 bridgehead atoms. The van der Waals surface area contributed by atoms with Crippen LogP contribution in [0.5, 0.6) is 0 Å². The normalized spacial score (nSPS) is 15.5. The van der Waals surface area contributed by atoms with E-state index < -0.39 is 20.8 Å². The Bertz CT molecular complexity index is 263. The fraction of sp³-hybridized carbons (Fsp3) is 1.00. The van der Waals surface area contributed by atoms with Crippen molar-refractivity contribution < 1.29 is 21.6 Å². The van der Waals surface area contributed by atoms with E-state index in [0.29, 0.717) is 0 Å². The van der Waals surface area contributed by atoms with Crippen LogP contribution in [0.4, 0.5) is 13.2 Å². The zero-order valence-corrected chi connectivity index (χ0v) is 10.6. The number of alkyl halides is 4. The van der Waals surface area contributed by atoms with Gasteiger partial charge in [-0.15, -0.1) is 0 Å². The largest absolute Gasteiger partial charge is 0.402 e. The van der Waals surface area contributed by atoms with Crippen molar-refractivity contribution in [1.29, 1.82) is 0 Å². The highest BCUT2D eigenvalue weighted by molar-refractivity contribution is 9.09. The van der Waals surface area contributed by atoms with Crippen molar-refractivity contribution in [1.82, 2.24) is 0 Å². The minimum absolute atomic E-state index is 0.0881. The summed E-state index contributed by atoms with van der Waals surface area (Å²) in [5.74, 6) is -0.0642. The molecule has 1 unspecified atom stereocenters. The van der Waals surface area contributed by atoms with Crippen molar-refractivity contribution >= 4 is 37.5 Å². The van der Waals surface area contributed by atoms with E-state index in [-0.39, 0.29) is 17.3 Å². The quantitative estimate of drug-likeness (QED) is 0.575. The molecule has 0 aromatic carbocycles. The summed E-state index contributed by atoms with van der Waals surface area (Å²) < 4.78 is 57.0. The lowest BCUT2D eigenvalue weighted by Gasteiger charge is -2.12. The third-order valence-electron chi connectivity index (χ3n) is 1.22. The number of halogens is 4. The second-order valence-electron chi connectivity index (χ2n) is 2.71. The van der Waals surface area contributed by atoms with Crippen molar-refractivity contribution in [3.8, 4) is 0 Å². The average molecular weight is 315 g/mol. The number of rotatable bonds is 5. The van der Waals surface area contributed by atoms with Crippen molar-refractivity contribution in [3.63, 3.8) is 0 Å². The van der Waals surface area contributed by atoms with Gasteiger partial charge in [0.05, 0.1) is 5.75 Å². The summed E-state index contributed by atoms with van der Waals surface area (Å²) in [6.07, 6.45) is -3.21. The van der Waals surface area contributed by atoms with Gasteiger partial charge in [0.1, 0.15) is 14.7 Å². The van der Waals surface area contributed by atoms with Crippen LogP contribution in [0, 0.1) is 0 Å². The van der Waals surface area contributed by atoms with Crippen LogP contribution in [0.3, 0.4) is 0 Å². The van der Waals surface area contributed by atoms with Crippen LogP contribution in [0.25, 0.3) is 0 Å². The Morgan fingerprint density at radius 2 is 1.93 bits per heavy atom. The lowest BCUT2D eigenvalue weighted by Crippen LogP contribution is -2.25. The maximum Gasteiger partial charge on any atom is 0.402 e. The van der Waals surface area contributed by atoms with Gasteiger partial charge < -0.3 is 0 Å². The summed E-state index contributed by atoms with van der Waals surface area (Å²) in [5.41, 5.74) is 0. The van der Waals surface area contributed by atoms with Crippen molar-refractivity contribution in [2.24, 2.45) is 0 Å². The van der Waals surface area contributed by atoms with E-state index >= 15 is 0 Å². The van der Waals surface area contributed by atoms with Gasteiger partial charge in [0.15, 0.2) is 0 Å². The number of hydrogen-bond donors (Lipinski definition) is 0. The maximum absolute atomic E-state index is 11.9. The standard InChI is InChI=1S/C6H10BrF3O2S2/c1-14(11,12)3-2-13-4-5(7)6(8,9)10/h5H,2-4H2,1H3. The van der Waals surface area contributed by atoms with Crippen LogP contribution in [0.1, 0.15) is 0 Å². The summed E-state index contributed by atoms with van der Waals surface area (Å²) in [6.45, 7) is 0. The van der Waals surface area contributed by atoms with Gasteiger partial charge in [0.25, 0.3) is 0 Å². The SMILES string of the molecule is CS(=O)(=O)CCSCC(Br)C(F)(F)F. The molecule has 0 fully saturated rings. The van der Waals surface area contributed by atoms with E-state index in [2.05, 4.69) is 15.9 Å². The van der Waals surface area contributed by atoms with Gasteiger partial charge in [-0.3, -0.25) is 0 Å². The maximum atomic E-state index is 11.9. The summed E-state index contributed by atoms with van der Waals surface area (Å²) in [6, 6.07) is 0. The van der Waals surface area contributed by atoms with Crippen LogP contribution in [-0.4, -0.2) is 42.9 Å². The molecule has 0 aliphatic carbocycles. The highest BCUT2D eigenvalue weighted by Crippen LogP contribution is 2.28. The van der Waals surface area contributed by atoms with Gasteiger partial charge in [0, 0.05) is 17.8 Å². The van der Waals surface area contributed by atoms with Crippen LogP contribution in [0.15, 0.2) is 0 Å². The van der Waals surface area contributed by atoms with E-state index in [9.17, 15) is 21.6 Å². The van der Waals surface area contributed by atoms with Crippen LogP contribution < -0.4 is 0 Å². The summed E-state index contributed by atoms with van der Waals surface area (Å²) in [4.78, 5) is -1.57. The molecule has 1 atom stereocenters. The van der Waals surface area contributed by atoms with Crippen molar-refractivity contribution in [2.75, 3.05) is 23.5 Å². The highest BCUT2D eigenvalue weighted by atomic mass is 79.9. The summed E-state index contributed by atoms with van der Waals surface area (Å²) >= 11 is 3.45. The molecule has 0 rings (SSSR count). The Labute approximate surface area is 93.7 Å². The topological polar surface area (TPSA) is 34.1 Å². The highest BCUT2D eigenvalue weighted by Gasteiger charge is 2.37. The molecule has 0 aliphatic heterocycles. The lowest BCUT2D eigenvalue weighted by atomic mass is 10.5. The first-order valence-corrected chi connectivity index (χ1v) is 7.72. The minimum atomic E-state index is -4.27. The first kappa shape index (κ1) is 14.6. The molecule has 8 heteroatoms. The predicted molar refractivity (Wildman–Crippen MR) is 55.8 cm³/mol. The molecular weight excluding hydrogens is 305 g/mol. The molecule has 0 heterocycles. The minimum Gasteiger partial charge on any atom is -0.229 e. The molecule has 0 aromatic heterocycles. The average Bonchev–Trinajstić information content (AvgIpc) is 1.93. The third kappa shape index (κ3) is 7.93. The molecule has 0 saturated carbocycles. The van der Waals surface area contributed by atoms with Crippen LogP contribution in [0.2, 0.25) is 0 Å². The molecule has 0 spiro atoms. The molecule has 0 aliphatic rings.